The Labute approximate surface area is 115 Å². The van der Waals surface area contributed by atoms with Crippen LogP contribution < -0.4 is 10.1 Å². The number of methoxy groups -OCH3 is 1. The maximum atomic E-state index is 13.3. The molecule has 1 N–H and O–H groups in total. The monoisotopic (exact) mass is 269 g/mol. The molecule has 0 saturated carbocycles. The summed E-state index contributed by atoms with van der Waals surface area (Å²) in [6, 6.07) is 4.64. The molecule has 108 valence electrons. The number of halogens is 1. The van der Waals surface area contributed by atoms with Gasteiger partial charge in [-0.3, -0.25) is 0 Å². The van der Waals surface area contributed by atoms with Gasteiger partial charge in [-0.2, -0.15) is 0 Å². The Hall–Kier alpha value is -1.13. The van der Waals surface area contributed by atoms with Crippen molar-refractivity contribution in [3.8, 4) is 5.75 Å². The Morgan fingerprint density at radius 1 is 1.26 bits per heavy atom. The van der Waals surface area contributed by atoms with Gasteiger partial charge in [-0.15, -0.1) is 0 Å². The molecule has 4 heteroatoms. The van der Waals surface area contributed by atoms with Crippen LogP contribution in [0.3, 0.4) is 0 Å². The van der Waals surface area contributed by atoms with E-state index in [1.807, 2.05) is 0 Å². The molecule has 0 amide bonds. The van der Waals surface area contributed by atoms with Gasteiger partial charge < -0.3 is 14.8 Å². The second-order valence-corrected chi connectivity index (χ2v) is 4.97. The molecule has 0 unspecified atom stereocenters. The minimum atomic E-state index is -0.231. The van der Waals surface area contributed by atoms with Crippen molar-refractivity contribution in [1.29, 1.82) is 0 Å². The van der Waals surface area contributed by atoms with Crippen molar-refractivity contribution in [3.05, 3.63) is 29.6 Å². The van der Waals surface area contributed by atoms with Crippen molar-refractivity contribution in [1.82, 2.24) is 5.32 Å². The topological polar surface area (TPSA) is 30.5 Å². The lowest BCUT2D eigenvalue weighted by Gasteiger charge is -2.13. The van der Waals surface area contributed by atoms with Gasteiger partial charge in [0.2, 0.25) is 0 Å². The van der Waals surface area contributed by atoms with Gasteiger partial charge in [-0.05, 0) is 30.7 Å². The van der Waals surface area contributed by atoms with E-state index >= 15 is 0 Å². The lowest BCUT2D eigenvalue weighted by atomic mass is 10.1. The van der Waals surface area contributed by atoms with Gasteiger partial charge in [0.25, 0.3) is 0 Å². The predicted octanol–water partition coefficient (Wildman–Crippen LogP) is 2.99. The molecule has 0 aromatic heterocycles. The summed E-state index contributed by atoms with van der Waals surface area (Å²) in [6.07, 6.45) is 0.826. The van der Waals surface area contributed by atoms with Gasteiger partial charge in [0, 0.05) is 32.2 Å². The van der Waals surface area contributed by atoms with Crippen molar-refractivity contribution in [2.45, 2.75) is 26.8 Å². The number of hydrogen-bond donors (Lipinski definition) is 1. The normalized spacial score (nSPS) is 11.0. The fourth-order valence-corrected chi connectivity index (χ4v) is 1.71. The molecule has 1 aromatic carbocycles. The van der Waals surface area contributed by atoms with Crippen molar-refractivity contribution in [3.63, 3.8) is 0 Å². The summed E-state index contributed by atoms with van der Waals surface area (Å²) in [5, 5.41) is 3.30. The molecule has 0 radical (unpaired) electrons. The van der Waals surface area contributed by atoms with Crippen LogP contribution in [-0.4, -0.2) is 26.9 Å². The molecule has 0 spiro atoms. The average Bonchev–Trinajstić information content (AvgIpc) is 2.36. The van der Waals surface area contributed by atoms with Gasteiger partial charge in [-0.25, -0.2) is 4.39 Å². The molecular formula is C15H24FNO2. The summed E-state index contributed by atoms with van der Waals surface area (Å²) < 4.78 is 23.9. The maximum Gasteiger partial charge on any atom is 0.123 e. The fourth-order valence-electron chi connectivity index (χ4n) is 1.71. The first-order valence-electron chi connectivity index (χ1n) is 6.74. The first kappa shape index (κ1) is 15.9. The molecule has 0 aliphatic rings. The lowest BCUT2D eigenvalue weighted by Crippen LogP contribution is -2.19. The third kappa shape index (κ3) is 6.55. The molecule has 0 fully saturated rings. The Morgan fingerprint density at radius 2 is 2.05 bits per heavy atom. The van der Waals surface area contributed by atoms with E-state index in [0.717, 1.165) is 24.3 Å². The lowest BCUT2D eigenvalue weighted by molar-refractivity contribution is 0.171. The second kappa shape index (κ2) is 8.88. The molecule has 19 heavy (non-hydrogen) atoms. The fraction of sp³-hybridized carbons (Fsp3) is 0.600. The Bertz CT molecular complexity index is 369. The number of ether oxygens (including phenoxy) is 2. The largest absolute Gasteiger partial charge is 0.493 e. The maximum absolute atomic E-state index is 13.3. The van der Waals surface area contributed by atoms with E-state index in [0.29, 0.717) is 25.7 Å². The summed E-state index contributed by atoms with van der Waals surface area (Å²) in [5.74, 6) is 1.08. The van der Waals surface area contributed by atoms with Gasteiger partial charge in [0.05, 0.1) is 6.61 Å². The highest BCUT2D eigenvalue weighted by Gasteiger charge is 2.06. The quantitative estimate of drug-likeness (QED) is 0.699. The number of nitrogens with one attached hydrogen (secondary N) is 1. The Balaban J connectivity index is 2.53. The van der Waals surface area contributed by atoms with Crippen LogP contribution in [0.4, 0.5) is 4.39 Å². The zero-order valence-corrected chi connectivity index (χ0v) is 12.0. The number of rotatable bonds is 9. The van der Waals surface area contributed by atoms with Crippen molar-refractivity contribution in [2.24, 2.45) is 5.92 Å². The minimum Gasteiger partial charge on any atom is -0.493 e. The molecule has 1 rings (SSSR count). The molecule has 0 saturated heterocycles. The van der Waals surface area contributed by atoms with Gasteiger partial charge >= 0.3 is 0 Å². The van der Waals surface area contributed by atoms with E-state index in [4.69, 9.17) is 9.47 Å². The van der Waals surface area contributed by atoms with Crippen LogP contribution >= 0.6 is 0 Å². The summed E-state index contributed by atoms with van der Waals surface area (Å²) in [6.45, 7) is 7.05. The second-order valence-electron chi connectivity index (χ2n) is 4.97. The van der Waals surface area contributed by atoms with Gasteiger partial charge in [-0.1, -0.05) is 13.8 Å². The summed E-state index contributed by atoms with van der Waals surface area (Å²) in [4.78, 5) is 0. The summed E-state index contributed by atoms with van der Waals surface area (Å²) in [5.41, 5.74) is 0.859. The van der Waals surface area contributed by atoms with Crippen molar-refractivity contribution in [2.75, 3.05) is 26.9 Å². The molecular weight excluding hydrogens is 245 g/mol. The third-order valence-corrected chi connectivity index (χ3v) is 2.64. The summed E-state index contributed by atoms with van der Waals surface area (Å²) in [7, 11) is 1.67. The predicted molar refractivity (Wildman–Crippen MR) is 74.9 cm³/mol. The van der Waals surface area contributed by atoms with E-state index in [2.05, 4.69) is 19.2 Å². The third-order valence-electron chi connectivity index (χ3n) is 2.64. The summed E-state index contributed by atoms with van der Waals surface area (Å²) >= 11 is 0. The van der Waals surface area contributed by atoms with E-state index in [1.54, 1.807) is 13.2 Å². The average molecular weight is 269 g/mol. The SMILES string of the molecule is COCCCOc1ccc(F)cc1CNCC(C)C. The van der Waals surface area contributed by atoms with Crippen LogP contribution in [0, 0.1) is 11.7 Å². The van der Waals surface area contributed by atoms with Gasteiger partial charge in [0.15, 0.2) is 0 Å². The number of hydrogen-bond acceptors (Lipinski definition) is 3. The highest BCUT2D eigenvalue weighted by molar-refractivity contribution is 5.33. The van der Waals surface area contributed by atoms with E-state index in [-0.39, 0.29) is 5.82 Å². The smallest absolute Gasteiger partial charge is 0.123 e. The van der Waals surface area contributed by atoms with Crippen LogP contribution in [0.2, 0.25) is 0 Å². The van der Waals surface area contributed by atoms with E-state index in [1.165, 1.54) is 12.1 Å². The molecule has 0 atom stereocenters. The standard InChI is InChI=1S/C15H24FNO2/c1-12(2)10-17-11-13-9-14(16)5-6-15(13)19-8-4-7-18-3/h5-6,9,12,17H,4,7-8,10-11H2,1-3H3. The van der Waals surface area contributed by atoms with Crippen LogP contribution in [-0.2, 0) is 11.3 Å². The van der Waals surface area contributed by atoms with Crippen molar-refractivity contribution < 1.29 is 13.9 Å². The Morgan fingerprint density at radius 3 is 2.74 bits per heavy atom. The molecule has 0 aliphatic heterocycles. The van der Waals surface area contributed by atoms with E-state index in [9.17, 15) is 4.39 Å². The molecule has 3 nitrogen and oxygen atoms in total. The van der Waals surface area contributed by atoms with Crippen molar-refractivity contribution >= 4 is 0 Å². The highest BCUT2D eigenvalue weighted by atomic mass is 19.1. The highest BCUT2D eigenvalue weighted by Crippen LogP contribution is 2.20. The molecule has 0 aliphatic carbocycles. The van der Waals surface area contributed by atoms with Crippen LogP contribution in [0.1, 0.15) is 25.8 Å². The van der Waals surface area contributed by atoms with Crippen LogP contribution in [0.15, 0.2) is 18.2 Å². The van der Waals surface area contributed by atoms with Crippen LogP contribution in [0.25, 0.3) is 0 Å². The van der Waals surface area contributed by atoms with E-state index < -0.39 is 0 Å². The molecule has 0 bridgehead atoms. The Kier molecular flexibility index (Phi) is 7.45. The van der Waals surface area contributed by atoms with Gasteiger partial charge in [0.1, 0.15) is 11.6 Å². The minimum absolute atomic E-state index is 0.231. The zero-order valence-electron chi connectivity index (χ0n) is 12.0. The number of benzene rings is 1. The molecule has 0 heterocycles. The molecule has 1 aromatic rings. The zero-order chi connectivity index (χ0) is 14.1. The first-order valence-corrected chi connectivity index (χ1v) is 6.74. The van der Waals surface area contributed by atoms with Crippen LogP contribution in [0.5, 0.6) is 5.75 Å². The first-order chi connectivity index (χ1) is 9.13.